The van der Waals surface area contributed by atoms with Crippen LogP contribution in [0.25, 0.3) is 0 Å². The van der Waals surface area contributed by atoms with E-state index in [0.717, 1.165) is 6.42 Å². The molecule has 0 bridgehead atoms. The third kappa shape index (κ3) is 8.14. The molecule has 0 amide bonds. The molecule has 0 aromatic carbocycles. The minimum absolute atomic E-state index is 0.0186. The van der Waals surface area contributed by atoms with Gasteiger partial charge in [-0.15, -0.1) is 0 Å². The molecule has 0 heterocycles. The van der Waals surface area contributed by atoms with Crippen molar-refractivity contribution in [2.45, 2.75) is 65.3 Å². The molecule has 0 N–H and O–H groups in total. The molecule has 2 nitrogen and oxygen atoms in total. The van der Waals surface area contributed by atoms with E-state index in [-0.39, 0.29) is 23.6 Å². The Hall–Kier alpha value is -0.163. The van der Waals surface area contributed by atoms with E-state index < -0.39 is 8.32 Å². The van der Waals surface area contributed by atoms with Gasteiger partial charge in [0, 0.05) is 5.03 Å². The van der Waals surface area contributed by atoms with Gasteiger partial charge in [0.25, 0.3) is 0 Å². The molecule has 0 fully saturated rings. The van der Waals surface area contributed by atoms with Gasteiger partial charge in [0.2, 0.25) is 0 Å². The van der Waals surface area contributed by atoms with Gasteiger partial charge in [-0.2, -0.15) is 0 Å². The highest BCUT2D eigenvalue weighted by molar-refractivity contribution is 6.74. The molecule has 0 spiro atoms. The molecule has 5 heteroatoms. The molecule has 21 heavy (non-hydrogen) atoms. The van der Waals surface area contributed by atoms with Crippen molar-refractivity contribution in [3.63, 3.8) is 0 Å². The van der Waals surface area contributed by atoms with E-state index in [1.54, 1.807) is 6.92 Å². The number of allylic oxidation sites excluding steroid dienone is 3. The normalized spacial score (nSPS) is 16.2. The maximum absolute atomic E-state index is 13.0. The third-order valence-corrected chi connectivity index (χ3v) is 8.64. The fourth-order valence-corrected chi connectivity index (χ4v) is 2.48. The lowest BCUT2D eigenvalue weighted by molar-refractivity contribution is 0.0288. The summed E-state index contributed by atoms with van der Waals surface area (Å²) in [5, 5.41) is 0.536. The summed E-state index contributed by atoms with van der Waals surface area (Å²) in [4.78, 5) is 0. The van der Waals surface area contributed by atoms with Gasteiger partial charge in [-0.3, -0.25) is 0 Å². The van der Waals surface area contributed by atoms with Crippen LogP contribution in [-0.2, 0) is 9.16 Å². The molecule has 124 valence electrons. The van der Waals surface area contributed by atoms with E-state index >= 15 is 0 Å². The number of hydrogen-bond acceptors (Lipinski definition) is 2. The van der Waals surface area contributed by atoms with Crippen molar-refractivity contribution in [1.82, 2.24) is 0 Å². The van der Waals surface area contributed by atoms with Gasteiger partial charge < -0.3 is 9.16 Å². The highest BCUT2D eigenvalue weighted by atomic mass is 35.5. The summed E-state index contributed by atoms with van der Waals surface area (Å²) < 4.78 is 24.9. The Morgan fingerprint density at radius 3 is 2.33 bits per heavy atom. The first kappa shape index (κ1) is 20.8. The molecule has 1 unspecified atom stereocenters. The molecule has 0 saturated carbocycles. The van der Waals surface area contributed by atoms with Crippen molar-refractivity contribution in [2.24, 2.45) is 0 Å². The summed E-state index contributed by atoms with van der Waals surface area (Å²) in [6.45, 7) is 15.5. The second-order valence-electron chi connectivity index (χ2n) is 6.68. The number of rotatable bonds is 8. The number of hydrogen-bond donors (Lipinski definition) is 0. The molecule has 0 aromatic rings. The summed E-state index contributed by atoms with van der Waals surface area (Å²) in [7, 11) is -1.77. The van der Waals surface area contributed by atoms with Crippen LogP contribution in [0.15, 0.2) is 23.0 Å². The Bertz CT molecular complexity index is 373. The van der Waals surface area contributed by atoms with Crippen LogP contribution >= 0.6 is 11.6 Å². The molecule has 1 atom stereocenters. The predicted octanol–water partition coefficient (Wildman–Crippen LogP) is 5.80. The molecular weight excluding hydrogens is 307 g/mol. The maximum Gasteiger partial charge on any atom is 0.192 e. The van der Waals surface area contributed by atoms with Crippen molar-refractivity contribution in [3.05, 3.63) is 23.0 Å². The van der Waals surface area contributed by atoms with Gasteiger partial charge in [-0.1, -0.05) is 45.4 Å². The van der Waals surface area contributed by atoms with Crippen molar-refractivity contribution < 1.29 is 13.6 Å². The Morgan fingerprint density at radius 2 is 1.90 bits per heavy atom. The van der Waals surface area contributed by atoms with Crippen LogP contribution in [0.5, 0.6) is 0 Å². The van der Waals surface area contributed by atoms with Crippen molar-refractivity contribution in [2.75, 3.05) is 13.2 Å². The number of ether oxygens (including phenoxy) is 1. The molecule has 0 aliphatic rings. The van der Waals surface area contributed by atoms with E-state index in [0.29, 0.717) is 11.6 Å². The first-order valence-electron chi connectivity index (χ1n) is 7.47. The van der Waals surface area contributed by atoms with E-state index in [2.05, 4.69) is 33.9 Å². The van der Waals surface area contributed by atoms with E-state index in [9.17, 15) is 4.39 Å². The second-order valence-corrected chi connectivity index (χ2v) is 12.0. The minimum atomic E-state index is -1.77. The van der Waals surface area contributed by atoms with Crippen LogP contribution < -0.4 is 0 Å². The highest BCUT2D eigenvalue weighted by Crippen LogP contribution is 2.36. The van der Waals surface area contributed by atoms with Crippen molar-refractivity contribution in [1.29, 1.82) is 0 Å². The zero-order valence-corrected chi connectivity index (χ0v) is 16.2. The monoisotopic (exact) mass is 336 g/mol. The van der Waals surface area contributed by atoms with Crippen LogP contribution in [0.2, 0.25) is 18.1 Å². The summed E-state index contributed by atoms with van der Waals surface area (Å²) in [6.07, 6.45) is 3.46. The fraction of sp³-hybridized carbons (Fsp3) is 0.750. The van der Waals surface area contributed by atoms with Gasteiger partial charge >= 0.3 is 0 Å². The lowest BCUT2D eigenvalue weighted by Crippen LogP contribution is -2.43. The summed E-state index contributed by atoms with van der Waals surface area (Å²) in [6, 6.07) is 0. The van der Waals surface area contributed by atoms with E-state index in [1.807, 2.05) is 6.92 Å². The molecule has 0 rings (SSSR count). The summed E-state index contributed by atoms with van der Waals surface area (Å²) in [5.74, 6) is -0.353. The van der Waals surface area contributed by atoms with Crippen molar-refractivity contribution >= 4 is 19.9 Å². The second kappa shape index (κ2) is 9.08. The van der Waals surface area contributed by atoms with Crippen LogP contribution in [0, 0.1) is 0 Å². The first-order valence-corrected chi connectivity index (χ1v) is 10.8. The van der Waals surface area contributed by atoms with Gasteiger partial charge in [0.15, 0.2) is 8.32 Å². The molecule has 0 radical (unpaired) electrons. The van der Waals surface area contributed by atoms with Gasteiger partial charge in [-0.25, -0.2) is 4.39 Å². The van der Waals surface area contributed by atoms with Gasteiger partial charge in [0.05, 0.1) is 19.3 Å². The summed E-state index contributed by atoms with van der Waals surface area (Å²) in [5.41, 5.74) is 0. The lowest BCUT2D eigenvalue weighted by Gasteiger charge is -2.37. The van der Waals surface area contributed by atoms with Gasteiger partial charge in [-0.05, 0) is 37.6 Å². The minimum Gasteiger partial charge on any atom is -0.414 e. The molecule has 0 aromatic heterocycles. The smallest absolute Gasteiger partial charge is 0.192 e. The molecule has 0 aliphatic carbocycles. The molecular formula is C16H30ClFO2Si. The zero-order chi connectivity index (χ0) is 16.7. The molecule has 0 aliphatic heterocycles. The fourth-order valence-electron chi connectivity index (χ4n) is 1.27. The molecule has 0 saturated heterocycles. The Balaban J connectivity index is 4.40. The van der Waals surface area contributed by atoms with Crippen molar-refractivity contribution in [3.8, 4) is 0 Å². The maximum atomic E-state index is 13.0. The van der Waals surface area contributed by atoms with E-state index in [1.165, 1.54) is 12.2 Å². The first-order chi connectivity index (χ1) is 9.53. The quantitative estimate of drug-likeness (QED) is 0.412. The highest BCUT2D eigenvalue weighted by Gasteiger charge is 2.37. The van der Waals surface area contributed by atoms with Crippen LogP contribution in [0.1, 0.15) is 41.0 Å². The van der Waals surface area contributed by atoms with Crippen LogP contribution in [-0.4, -0.2) is 27.6 Å². The van der Waals surface area contributed by atoms with Gasteiger partial charge in [0.1, 0.15) is 5.83 Å². The SMILES string of the molecule is CC=C(F)C=C(Cl)COC(CC)CO[Si](C)(C)C(C)(C)C. The predicted molar refractivity (Wildman–Crippen MR) is 92.0 cm³/mol. The van der Waals surface area contributed by atoms with Crippen LogP contribution in [0.4, 0.5) is 4.39 Å². The third-order valence-electron chi connectivity index (χ3n) is 3.92. The van der Waals surface area contributed by atoms with Crippen LogP contribution in [0.3, 0.4) is 0 Å². The Labute approximate surface area is 135 Å². The topological polar surface area (TPSA) is 18.5 Å². The van der Waals surface area contributed by atoms with E-state index in [4.69, 9.17) is 20.8 Å². The average Bonchev–Trinajstić information content (AvgIpc) is 2.37. The summed E-state index contributed by atoms with van der Waals surface area (Å²) >= 11 is 5.94. The Kier molecular flexibility index (Phi) is 9.01. The average molecular weight is 337 g/mol. The Morgan fingerprint density at radius 1 is 1.33 bits per heavy atom. The standard InChI is InChI=1S/C16H30ClFO2Si/c1-8-14(18)10-13(17)11-19-15(9-2)12-20-21(6,7)16(3,4)5/h8,10,15H,9,11-12H2,1-7H3. The zero-order valence-electron chi connectivity index (χ0n) is 14.4. The number of halogens is 2. The lowest BCUT2D eigenvalue weighted by atomic mass is 10.2. The largest absolute Gasteiger partial charge is 0.414 e.